The van der Waals surface area contributed by atoms with E-state index >= 15 is 0 Å². The Bertz CT molecular complexity index is 1710. The number of carbonyl (C=O) groups excluding carboxylic acids is 2. The van der Waals surface area contributed by atoms with Crippen LogP contribution in [-0.4, -0.2) is 78.1 Å². The van der Waals surface area contributed by atoms with Gasteiger partial charge in [-0.05, 0) is 31.1 Å². The minimum atomic E-state index is -0.571. The second-order valence-electron chi connectivity index (χ2n) is 9.01. The van der Waals surface area contributed by atoms with Crippen molar-refractivity contribution in [2.45, 2.75) is 24.9 Å². The first kappa shape index (κ1) is 23.1. The molecule has 37 heavy (non-hydrogen) atoms. The first-order valence-electron chi connectivity index (χ1n) is 11.7. The zero-order valence-electron chi connectivity index (χ0n) is 19.5. The van der Waals surface area contributed by atoms with E-state index in [9.17, 15) is 19.5 Å². The van der Waals surface area contributed by atoms with Crippen LogP contribution < -0.4 is 27.4 Å². The van der Waals surface area contributed by atoms with Crippen molar-refractivity contribution in [2.75, 3.05) is 19.6 Å². The maximum atomic E-state index is 13.1. The molecule has 1 aliphatic heterocycles. The molecule has 14 heteroatoms. The molecule has 1 unspecified atom stereocenters. The lowest BCUT2D eigenvalue weighted by molar-refractivity contribution is -0.120. The summed E-state index contributed by atoms with van der Waals surface area (Å²) in [5.74, 6) is -0.936. The number of amides is 2. The van der Waals surface area contributed by atoms with E-state index in [-0.39, 0.29) is 30.1 Å². The monoisotopic (exact) mass is 521 g/mol. The number of thiophene rings is 1. The van der Waals surface area contributed by atoms with Crippen LogP contribution in [0.15, 0.2) is 34.2 Å². The van der Waals surface area contributed by atoms with E-state index in [0.717, 1.165) is 17.7 Å². The molecule has 1 atom stereocenters. The van der Waals surface area contributed by atoms with Gasteiger partial charge in [0.2, 0.25) is 11.8 Å². The van der Waals surface area contributed by atoms with Crippen molar-refractivity contribution >= 4 is 34.9 Å². The van der Waals surface area contributed by atoms with Crippen LogP contribution in [0, 0.1) is 0 Å². The molecule has 1 saturated carbocycles. The van der Waals surface area contributed by atoms with Crippen LogP contribution in [0.5, 0.6) is 5.88 Å². The second-order valence-corrected chi connectivity index (χ2v) is 10.1. The highest BCUT2D eigenvalue weighted by atomic mass is 32.1. The normalized spacial score (nSPS) is 19.1. The molecule has 6 rings (SSSR count). The van der Waals surface area contributed by atoms with Gasteiger partial charge in [-0.15, -0.1) is 11.3 Å². The number of hydrogen-bond donors (Lipinski definition) is 5. The lowest BCUT2D eigenvalue weighted by Gasteiger charge is -2.31. The maximum absolute atomic E-state index is 13.1. The molecule has 2 aliphatic rings. The highest BCUT2D eigenvalue weighted by Gasteiger charge is 2.28. The Morgan fingerprint density at radius 1 is 1.27 bits per heavy atom. The van der Waals surface area contributed by atoms with Gasteiger partial charge in [-0.3, -0.25) is 19.6 Å². The lowest BCUT2D eigenvalue weighted by Crippen LogP contribution is -2.57. The summed E-state index contributed by atoms with van der Waals surface area (Å²) in [4.78, 5) is 53.6. The lowest BCUT2D eigenvalue weighted by atomic mass is 10.2. The largest absolute Gasteiger partial charge is 0.493 e. The minimum Gasteiger partial charge on any atom is -0.493 e. The van der Waals surface area contributed by atoms with Crippen molar-refractivity contribution in [3.63, 3.8) is 0 Å². The van der Waals surface area contributed by atoms with Crippen molar-refractivity contribution < 1.29 is 14.7 Å². The second kappa shape index (κ2) is 8.97. The minimum absolute atomic E-state index is 0.168. The Hall–Kier alpha value is -4.30. The number of primary amides is 1. The first-order valence-corrected chi connectivity index (χ1v) is 12.5. The van der Waals surface area contributed by atoms with Gasteiger partial charge in [0.1, 0.15) is 11.7 Å². The molecule has 0 aromatic carbocycles. The average molecular weight is 522 g/mol. The molecule has 0 bridgehead atoms. The van der Waals surface area contributed by atoms with Crippen molar-refractivity contribution in [1.29, 1.82) is 0 Å². The number of carbonyl (C=O) groups is 2. The number of aromatic amines is 2. The number of rotatable bonds is 5. The molecule has 0 radical (unpaired) electrons. The quantitative estimate of drug-likeness (QED) is 0.216. The SMILES string of the molecule is NC(=O)C1CN(C(=O)c2ccc(-c3cc(=NC4CC4)n4ncc(=Cc5[nH]c(=O)[nH]c5O)c4n3)s2)CCN1. The molecule has 0 spiro atoms. The third-order valence-corrected chi connectivity index (χ3v) is 7.35. The van der Waals surface area contributed by atoms with E-state index in [1.54, 1.807) is 27.8 Å². The third kappa shape index (κ3) is 4.51. The summed E-state index contributed by atoms with van der Waals surface area (Å²) in [6, 6.07) is 5.08. The molecule has 13 nitrogen and oxygen atoms in total. The predicted molar refractivity (Wildman–Crippen MR) is 134 cm³/mol. The molecule has 4 aromatic heterocycles. The number of aromatic nitrogens is 5. The van der Waals surface area contributed by atoms with Crippen molar-refractivity contribution in [2.24, 2.45) is 10.7 Å². The summed E-state index contributed by atoms with van der Waals surface area (Å²) in [7, 11) is 0. The highest BCUT2D eigenvalue weighted by molar-refractivity contribution is 7.17. The van der Waals surface area contributed by atoms with E-state index in [1.807, 2.05) is 12.1 Å². The van der Waals surface area contributed by atoms with Crippen LogP contribution >= 0.6 is 11.3 Å². The predicted octanol–water partition coefficient (Wildman–Crippen LogP) is -1.31. The van der Waals surface area contributed by atoms with Gasteiger partial charge in [-0.25, -0.2) is 9.78 Å². The van der Waals surface area contributed by atoms with Gasteiger partial charge in [-0.1, -0.05) is 0 Å². The highest BCUT2D eigenvalue weighted by Crippen LogP contribution is 2.28. The summed E-state index contributed by atoms with van der Waals surface area (Å²) in [6.07, 6.45) is 5.18. The van der Waals surface area contributed by atoms with Gasteiger partial charge in [0.05, 0.1) is 27.7 Å². The van der Waals surface area contributed by atoms with E-state index in [1.165, 1.54) is 11.3 Å². The fraction of sp³-hybridized carbons (Fsp3) is 0.304. The van der Waals surface area contributed by atoms with E-state index in [4.69, 9.17) is 15.7 Å². The molecule has 4 aromatic rings. The van der Waals surface area contributed by atoms with Crippen LogP contribution in [0.25, 0.3) is 22.3 Å². The Balaban J connectivity index is 1.40. The third-order valence-electron chi connectivity index (χ3n) is 6.25. The number of nitrogens with zero attached hydrogens (tertiary/aromatic N) is 5. The molecule has 6 N–H and O–H groups in total. The Labute approximate surface area is 212 Å². The number of H-pyrrole nitrogens is 2. The summed E-state index contributed by atoms with van der Waals surface area (Å²) in [5, 5.41) is 18.0. The summed E-state index contributed by atoms with van der Waals surface area (Å²) < 4.78 is 1.62. The number of aromatic hydroxyl groups is 1. The van der Waals surface area contributed by atoms with Crippen LogP contribution in [-0.2, 0) is 4.79 Å². The van der Waals surface area contributed by atoms with Crippen molar-refractivity contribution in [3.8, 4) is 16.5 Å². The van der Waals surface area contributed by atoms with Crippen LogP contribution in [0.3, 0.4) is 0 Å². The molecule has 1 saturated heterocycles. The van der Waals surface area contributed by atoms with E-state index in [0.29, 0.717) is 40.0 Å². The first-order chi connectivity index (χ1) is 17.9. The maximum Gasteiger partial charge on any atom is 0.326 e. The van der Waals surface area contributed by atoms with Crippen LogP contribution in [0.1, 0.15) is 28.2 Å². The van der Waals surface area contributed by atoms with Gasteiger partial charge < -0.3 is 26.0 Å². The average Bonchev–Trinajstić information content (AvgIpc) is 3.25. The standard InChI is InChI=1S/C23H23N9O4S/c24-19(33)15-10-31(6-5-25-15)22(35)17-4-3-16(37-17)13-8-18(27-12-1-2-12)32-20(28-13)11(9-26-32)7-14-21(34)30-23(36)29-14/h3-4,7-9,12,15,25,34H,1-2,5-6,10H2,(H2,24,33)(H2,29,30,36). The number of nitrogens with two attached hydrogens (primary N) is 1. The van der Waals surface area contributed by atoms with E-state index in [2.05, 4.69) is 20.4 Å². The number of imidazole rings is 1. The number of hydrogen-bond acceptors (Lipinski definition) is 9. The molecule has 5 heterocycles. The smallest absolute Gasteiger partial charge is 0.326 e. The topological polar surface area (TPSA) is 187 Å². The molecule has 2 fully saturated rings. The molecule has 2 amide bonds. The van der Waals surface area contributed by atoms with Gasteiger partial charge >= 0.3 is 5.69 Å². The zero-order valence-corrected chi connectivity index (χ0v) is 20.3. The van der Waals surface area contributed by atoms with Gasteiger partial charge in [0.25, 0.3) is 5.91 Å². The Morgan fingerprint density at radius 2 is 2.11 bits per heavy atom. The molecular formula is C23H23N9O4S. The summed E-state index contributed by atoms with van der Waals surface area (Å²) >= 11 is 1.30. The van der Waals surface area contributed by atoms with Gasteiger partial charge in [0.15, 0.2) is 11.1 Å². The number of fused-ring (bicyclic) bond motifs is 1. The summed E-state index contributed by atoms with van der Waals surface area (Å²) in [5.41, 5.74) is 6.83. The van der Waals surface area contributed by atoms with Gasteiger partial charge in [0, 0.05) is 30.9 Å². The zero-order chi connectivity index (χ0) is 25.7. The number of piperazine rings is 1. The van der Waals surface area contributed by atoms with Crippen molar-refractivity contribution in [1.82, 2.24) is 34.8 Å². The summed E-state index contributed by atoms with van der Waals surface area (Å²) in [6.45, 7) is 1.19. The molecular weight excluding hydrogens is 498 g/mol. The Morgan fingerprint density at radius 3 is 2.84 bits per heavy atom. The molecule has 1 aliphatic carbocycles. The van der Waals surface area contributed by atoms with Crippen LogP contribution in [0.4, 0.5) is 0 Å². The number of nitrogens with one attached hydrogen (secondary N) is 3. The fourth-order valence-electron chi connectivity index (χ4n) is 4.19. The van der Waals surface area contributed by atoms with Crippen LogP contribution in [0.2, 0.25) is 0 Å². The van der Waals surface area contributed by atoms with Gasteiger partial charge in [-0.2, -0.15) is 9.61 Å². The fourth-order valence-corrected chi connectivity index (χ4v) is 5.13. The molecule has 190 valence electrons. The van der Waals surface area contributed by atoms with E-state index < -0.39 is 17.6 Å². The Kier molecular flexibility index (Phi) is 5.61. The van der Waals surface area contributed by atoms with Crippen molar-refractivity contribution in [3.05, 3.63) is 56.2 Å².